The SMILES string of the molecule is O=C(/C=C/c1ccc(Cl)cc1)c1cn(C2CC2)c2cc(N3CCNCC3)c(F)cc2c1=O. The number of hydrogen-bond donors (Lipinski definition) is 1. The first-order valence-corrected chi connectivity index (χ1v) is 11.2. The predicted octanol–water partition coefficient (Wildman–Crippen LogP) is 4.43. The molecule has 0 unspecified atom stereocenters. The number of rotatable bonds is 5. The van der Waals surface area contributed by atoms with Gasteiger partial charge in [-0.2, -0.15) is 0 Å². The van der Waals surface area contributed by atoms with Gasteiger partial charge in [-0.15, -0.1) is 0 Å². The largest absolute Gasteiger partial charge is 0.367 e. The van der Waals surface area contributed by atoms with Crippen LogP contribution in [0.2, 0.25) is 5.02 Å². The summed E-state index contributed by atoms with van der Waals surface area (Å²) in [5.41, 5.74) is 1.62. The van der Waals surface area contributed by atoms with Crippen molar-refractivity contribution in [2.45, 2.75) is 18.9 Å². The van der Waals surface area contributed by atoms with E-state index in [0.717, 1.165) is 31.5 Å². The second-order valence-electron chi connectivity index (χ2n) is 8.32. The van der Waals surface area contributed by atoms with Crippen molar-refractivity contribution < 1.29 is 9.18 Å². The van der Waals surface area contributed by atoms with Crippen LogP contribution in [0.5, 0.6) is 0 Å². The quantitative estimate of drug-likeness (QED) is 0.460. The third-order valence-electron chi connectivity index (χ3n) is 6.06. The van der Waals surface area contributed by atoms with Crippen LogP contribution in [0.3, 0.4) is 0 Å². The van der Waals surface area contributed by atoms with Gasteiger partial charge in [0.15, 0.2) is 5.78 Å². The van der Waals surface area contributed by atoms with Crippen molar-refractivity contribution in [2.75, 3.05) is 31.1 Å². The topological polar surface area (TPSA) is 54.3 Å². The van der Waals surface area contributed by atoms with Crippen molar-refractivity contribution in [2.24, 2.45) is 0 Å². The van der Waals surface area contributed by atoms with Gasteiger partial charge < -0.3 is 14.8 Å². The number of fused-ring (bicyclic) bond motifs is 1. The molecule has 1 aliphatic heterocycles. The van der Waals surface area contributed by atoms with Crippen molar-refractivity contribution >= 4 is 40.1 Å². The Balaban J connectivity index is 1.57. The zero-order chi connectivity index (χ0) is 22.2. The van der Waals surface area contributed by atoms with Gasteiger partial charge >= 0.3 is 0 Å². The number of carbonyl (C=O) groups excluding carboxylic acids is 1. The first-order valence-electron chi connectivity index (χ1n) is 10.8. The molecule has 2 heterocycles. The number of aromatic nitrogens is 1. The first-order chi connectivity index (χ1) is 15.5. The Hall–Kier alpha value is -2.96. The lowest BCUT2D eigenvalue weighted by molar-refractivity contribution is 0.104. The van der Waals surface area contributed by atoms with Crippen LogP contribution in [0.1, 0.15) is 34.8 Å². The molecule has 0 spiro atoms. The Morgan fingerprint density at radius 3 is 2.53 bits per heavy atom. The summed E-state index contributed by atoms with van der Waals surface area (Å²) in [6.07, 6.45) is 6.64. The highest BCUT2D eigenvalue weighted by atomic mass is 35.5. The molecular weight excluding hydrogens is 429 g/mol. The van der Waals surface area contributed by atoms with E-state index in [1.54, 1.807) is 42.6 Å². The number of anilines is 1. The summed E-state index contributed by atoms with van der Waals surface area (Å²) in [7, 11) is 0. The van der Waals surface area contributed by atoms with Gasteiger partial charge in [0.25, 0.3) is 0 Å². The maximum absolute atomic E-state index is 15.0. The molecule has 1 saturated carbocycles. The number of allylic oxidation sites excluding steroid dienone is 1. The molecule has 5 rings (SSSR count). The van der Waals surface area contributed by atoms with E-state index in [1.165, 1.54) is 12.1 Å². The number of hydrogen-bond acceptors (Lipinski definition) is 4. The summed E-state index contributed by atoms with van der Waals surface area (Å²) >= 11 is 5.90. The van der Waals surface area contributed by atoms with E-state index in [0.29, 0.717) is 29.3 Å². The van der Waals surface area contributed by atoms with Gasteiger partial charge in [0, 0.05) is 48.8 Å². The Labute approximate surface area is 190 Å². The highest BCUT2D eigenvalue weighted by Gasteiger charge is 2.27. The fourth-order valence-corrected chi connectivity index (χ4v) is 4.30. The fourth-order valence-electron chi connectivity index (χ4n) is 4.17. The van der Waals surface area contributed by atoms with Crippen molar-refractivity contribution in [3.05, 3.63) is 80.9 Å². The highest BCUT2D eigenvalue weighted by Crippen LogP contribution is 2.38. The maximum atomic E-state index is 15.0. The Morgan fingerprint density at radius 2 is 1.84 bits per heavy atom. The summed E-state index contributed by atoms with van der Waals surface area (Å²) in [6.45, 7) is 3.00. The van der Waals surface area contributed by atoms with Gasteiger partial charge in [0.2, 0.25) is 5.43 Å². The Morgan fingerprint density at radius 1 is 1.12 bits per heavy atom. The van der Waals surface area contributed by atoms with Gasteiger partial charge in [0.1, 0.15) is 5.82 Å². The number of benzene rings is 2. The normalized spacial score (nSPS) is 16.8. The van der Waals surface area contributed by atoms with Gasteiger partial charge in [0.05, 0.1) is 16.8 Å². The molecule has 164 valence electrons. The molecule has 5 nitrogen and oxygen atoms in total. The summed E-state index contributed by atoms with van der Waals surface area (Å²) < 4.78 is 17.0. The Bertz CT molecular complexity index is 1270. The molecule has 2 aromatic carbocycles. The molecular formula is C25H23ClFN3O2. The maximum Gasteiger partial charge on any atom is 0.200 e. The zero-order valence-corrected chi connectivity index (χ0v) is 18.2. The van der Waals surface area contributed by atoms with Crippen molar-refractivity contribution in [1.29, 1.82) is 0 Å². The minimum atomic E-state index is -0.437. The monoisotopic (exact) mass is 451 g/mol. The minimum absolute atomic E-state index is 0.0592. The van der Waals surface area contributed by atoms with Crippen LogP contribution in [-0.2, 0) is 0 Å². The summed E-state index contributed by atoms with van der Waals surface area (Å²) in [5.74, 6) is -0.826. The van der Waals surface area contributed by atoms with E-state index in [4.69, 9.17) is 11.6 Å². The number of piperazine rings is 1. The molecule has 0 radical (unpaired) electrons. The number of pyridine rings is 1. The number of carbonyl (C=O) groups is 1. The second kappa shape index (κ2) is 8.52. The van der Waals surface area contributed by atoms with Crippen LogP contribution < -0.4 is 15.6 Å². The van der Waals surface area contributed by atoms with Crippen LogP contribution in [0.25, 0.3) is 17.0 Å². The van der Waals surface area contributed by atoms with Gasteiger partial charge in [-0.1, -0.05) is 29.8 Å². The van der Waals surface area contributed by atoms with Crippen LogP contribution in [-0.4, -0.2) is 36.5 Å². The molecule has 0 atom stereocenters. The van der Waals surface area contributed by atoms with Crippen LogP contribution in [0.4, 0.5) is 10.1 Å². The van der Waals surface area contributed by atoms with Crippen LogP contribution in [0, 0.1) is 5.82 Å². The number of nitrogens with one attached hydrogen (secondary N) is 1. The molecule has 1 aliphatic carbocycles. The van der Waals surface area contributed by atoms with Crippen molar-refractivity contribution in [3.8, 4) is 0 Å². The van der Waals surface area contributed by atoms with Crippen LogP contribution >= 0.6 is 11.6 Å². The fraction of sp³-hybridized carbons (Fsp3) is 0.280. The smallest absolute Gasteiger partial charge is 0.200 e. The molecule has 3 aromatic rings. The highest BCUT2D eigenvalue weighted by molar-refractivity contribution is 6.30. The van der Waals surface area contributed by atoms with Crippen LogP contribution in [0.15, 0.2) is 53.5 Å². The first kappa shape index (κ1) is 20.9. The van der Waals surface area contributed by atoms with Crippen molar-refractivity contribution in [1.82, 2.24) is 9.88 Å². The molecule has 2 fully saturated rings. The second-order valence-corrected chi connectivity index (χ2v) is 8.75. The van der Waals surface area contributed by atoms with Gasteiger partial charge in [-0.05, 0) is 48.7 Å². The van der Waals surface area contributed by atoms with E-state index in [-0.39, 0.29) is 17.0 Å². The van der Waals surface area contributed by atoms with Crippen molar-refractivity contribution in [3.63, 3.8) is 0 Å². The Kier molecular flexibility index (Phi) is 5.57. The number of ketones is 1. The van der Waals surface area contributed by atoms with Gasteiger partial charge in [-0.3, -0.25) is 9.59 Å². The number of halogens is 2. The predicted molar refractivity (Wildman–Crippen MR) is 126 cm³/mol. The third kappa shape index (κ3) is 4.08. The summed E-state index contributed by atoms with van der Waals surface area (Å²) in [5, 5.41) is 4.12. The third-order valence-corrected chi connectivity index (χ3v) is 6.31. The van der Waals surface area contributed by atoms with E-state index in [1.807, 2.05) is 9.47 Å². The molecule has 0 bridgehead atoms. The molecule has 0 amide bonds. The molecule has 7 heteroatoms. The lowest BCUT2D eigenvalue weighted by Gasteiger charge is -2.30. The molecule has 1 N–H and O–H groups in total. The van der Waals surface area contributed by atoms with E-state index < -0.39 is 17.0 Å². The average Bonchev–Trinajstić information content (AvgIpc) is 3.65. The summed E-state index contributed by atoms with van der Waals surface area (Å²) in [6, 6.07) is 10.4. The average molecular weight is 452 g/mol. The molecule has 2 aliphatic rings. The lowest BCUT2D eigenvalue weighted by Crippen LogP contribution is -2.43. The standard InChI is InChI=1S/C25H23ClFN3O2/c26-17-4-1-16(2-5-17)3-8-24(31)20-15-30(18-6-7-18)22-14-23(29-11-9-28-10-12-29)21(27)13-19(22)25(20)32/h1-5,8,13-15,18,28H,6-7,9-12H2/b8-3+. The molecule has 1 saturated heterocycles. The van der Waals surface area contributed by atoms with E-state index in [9.17, 15) is 9.59 Å². The van der Waals surface area contributed by atoms with E-state index in [2.05, 4.69) is 5.32 Å². The summed E-state index contributed by atoms with van der Waals surface area (Å²) in [4.78, 5) is 28.1. The van der Waals surface area contributed by atoms with Gasteiger partial charge in [-0.25, -0.2) is 4.39 Å². The lowest BCUT2D eigenvalue weighted by atomic mass is 10.1. The molecule has 32 heavy (non-hydrogen) atoms. The number of nitrogens with zero attached hydrogens (tertiary/aromatic N) is 2. The van der Waals surface area contributed by atoms with E-state index >= 15 is 4.39 Å². The zero-order valence-electron chi connectivity index (χ0n) is 17.5. The minimum Gasteiger partial charge on any atom is -0.367 e. The molecule has 1 aromatic heterocycles.